The van der Waals surface area contributed by atoms with Crippen molar-refractivity contribution in [3.8, 4) is 0 Å². The topological polar surface area (TPSA) is 86.6 Å². The van der Waals surface area contributed by atoms with Crippen LogP contribution in [-0.4, -0.2) is 34.7 Å². The van der Waals surface area contributed by atoms with E-state index in [1.807, 2.05) is 0 Å². The van der Waals surface area contributed by atoms with Gasteiger partial charge in [-0.1, -0.05) is 12.8 Å². The minimum atomic E-state index is -0.837. The lowest BCUT2D eigenvalue weighted by molar-refractivity contribution is -0.151. The van der Waals surface area contributed by atoms with E-state index in [9.17, 15) is 19.8 Å². The molecule has 108 valence electrons. The van der Waals surface area contributed by atoms with Crippen molar-refractivity contribution in [2.24, 2.45) is 11.3 Å². The number of carbonyl (C=O) groups excluding carboxylic acids is 1. The smallest absolute Gasteiger partial charge is 0.310 e. The SMILES string of the molecule is O=C(CC1(C(=O)O)CCCC1)NCC1CCC(O)C1. The third kappa shape index (κ3) is 3.47. The molecule has 2 atom stereocenters. The Kier molecular flexibility index (Phi) is 4.45. The van der Waals surface area contributed by atoms with E-state index >= 15 is 0 Å². The summed E-state index contributed by atoms with van der Waals surface area (Å²) in [7, 11) is 0. The molecule has 5 nitrogen and oxygen atoms in total. The van der Waals surface area contributed by atoms with Crippen LogP contribution in [0.15, 0.2) is 0 Å². The molecule has 19 heavy (non-hydrogen) atoms. The van der Waals surface area contributed by atoms with E-state index in [2.05, 4.69) is 5.32 Å². The number of nitrogens with one attached hydrogen (secondary N) is 1. The summed E-state index contributed by atoms with van der Waals surface area (Å²) in [6.45, 7) is 0.561. The number of rotatable bonds is 5. The molecule has 0 saturated heterocycles. The quantitative estimate of drug-likeness (QED) is 0.702. The maximum atomic E-state index is 11.9. The fraction of sp³-hybridized carbons (Fsp3) is 0.857. The zero-order valence-corrected chi connectivity index (χ0v) is 11.2. The van der Waals surface area contributed by atoms with Gasteiger partial charge in [0.2, 0.25) is 5.91 Å². The van der Waals surface area contributed by atoms with Gasteiger partial charge < -0.3 is 15.5 Å². The first kappa shape index (κ1) is 14.3. The standard InChI is InChI=1S/C14H23NO4/c16-11-4-3-10(7-11)9-15-12(17)8-14(13(18)19)5-1-2-6-14/h10-11,16H,1-9H2,(H,15,17)(H,18,19). The van der Waals surface area contributed by atoms with Gasteiger partial charge >= 0.3 is 5.97 Å². The van der Waals surface area contributed by atoms with E-state index in [4.69, 9.17) is 0 Å². The summed E-state index contributed by atoms with van der Waals surface area (Å²) in [6, 6.07) is 0. The van der Waals surface area contributed by atoms with Gasteiger partial charge in [-0.2, -0.15) is 0 Å². The Morgan fingerprint density at radius 1 is 1.21 bits per heavy atom. The van der Waals surface area contributed by atoms with Gasteiger partial charge in [-0.3, -0.25) is 9.59 Å². The third-order valence-electron chi connectivity index (χ3n) is 4.61. The maximum absolute atomic E-state index is 11.9. The Bertz CT molecular complexity index is 349. The molecule has 2 fully saturated rings. The number of aliphatic hydroxyl groups is 1. The molecule has 5 heteroatoms. The van der Waals surface area contributed by atoms with Crippen LogP contribution in [0, 0.1) is 11.3 Å². The van der Waals surface area contributed by atoms with Gasteiger partial charge in [-0.25, -0.2) is 0 Å². The van der Waals surface area contributed by atoms with Gasteiger partial charge in [0.05, 0.1) is 11.5 Å². The Labute approximate surface area is 113 Å². The normalized spacial score (nSPS) is 29.3. The van der Waals surface area contributed by atoms with Crippen LogP contribution >= 0.6 is 0 Å². The van der Waals surface area contributed by atoms with Gasteiger partial charge in [0.25, 0.3) is 0 Å². The molecule has 0 aromatic carbocycles. The van der Waals surface area contributed by atoms with E-state index in [1.165, 1.54) is 0 Å². The highest BCUT2D eigenvalue weighted by Gasteiger charge is 2.43. The molecule has 0 bridgehead atoms. The fourth-order valence-electron chi connectivity index (χ4n) is 3.38. The molecule has 0 radical (unpaired) electrons. The van der Waals surface area contributed by atoms with E-state index in [0.29, 0.717) is 25.3 Å². The first-order chi connectivity index (χ1) is 9.02. The van der Waals surface area contributed by atoms with Crippen LogP contribution in [0.5, 0.6) is 0 Å². The first-order valence-electron chi connectivity index (χ1n) is 7.20. The Hall–Kier alpha value is -1.10. The summed E-state index contributed by atoms with van der Waals surface area (Å²) in [6.07, 6.45) is 5.35. The molecule has 1 amide bonds. The molecule has 2 unspecified atom stereocenters. The average Bonchev–Trinajstić information content (AvgIpc) is 2.97. The van der Waals surface area contributed by atoms with E-state index in [0.717, 1.165) is 32.1 Å². The largest absolute Gasteiger partial charge is 0.481 e. The predicted molar refractivity (Wildman–Crippen MR) is 69.5 cm³/mol. The molecule has 3 N–H and O–H groups in total. The van der Waals surface area contributed by atoms with E-state index in [1.54, 1.807) is 0 Å². The van der Waals surface area contributed by atoms with Crippen molar-refractivity contribution in [2.75, 3.05) is 6.54 Å². The summed E-state index contributed by atoms with van der Waals surface area (Å²) < 4.78 is 0. The minimum Gasteiger partial charge on any atom is -0.481 e. The monoisotopic (exact) mass is 269 g/mol. The molecule has 0 aromatic heterocycles. The van der Waals surface area contributed by atoms with Crippen LogP contribution < -0.4 is 5.32 Å². The lowest BCUT2D eigenvalue weighted by Gasteiger charge is -2.23. The van der Waals surface area contributed by atoms with E-state index < -0.39 is 11.4 Å². The molecule has 2 aliphatic carbocycles. The van der Waals surface area contributed by atoms with Gasteiger partial charge in [0, 0.05) is 13.0 Å². The number of carboxylic acid groups (broad SMARTS) is 1. The minimum absolute atomic E-state index is 0.0948. The second kappa shape index (κ2) is 5.90. The Morgan fingerprint density at radius 3 is 2.42 bits per heavy atom. The molecule has 2 rings (SSSR count). The van der Waals surface area contributed by atoms with Crippen LogP contribution in [0.1, 0.15) is 51.4 Å². The molecule has 0 aliphatic heterocycles. The Balaban J connectivity index is 1.78. The lowest BCUT2D eigenvalue weighted by Crippen LogP contribution is -2.37. The van der Waals surface area contributed by atoms with Crippen molar-refractivity contribution >= 4 is 11.9 Å². The first-order valence-corrected chi connectivity index (χ1v) is 7.20. The van der Waals surface area contributed by atoms with Crippen molar-refractivity contribution in [1.29, 1.82) is 0 Å². The highest BCUT2D eigenvalue weighted by molar-refractivity contribution is 5.85. The van der Waals surface area contributed by atoms with Crippen LogP contribution in [0.4, 0.5) is 0 Å². The number of hydrogen-bond acceptors (Lipinski definition) is 3. The Morgan fingerprint density at radius 2 is 1.89 bits per heavy atom. The number of hydrogen-bond donors (Lipinski definition) is 3. The number of aliphatic hydroxyl groups excluding tert-OH is 1. The second-order valence-corrected chi connectivity index (χ2v) is 6.11. The van der Waals surface area contributed by atoms with Crippen molar-refractivity contribution in [3.05, 3.63) is 0 Å². The van der Waals surface area contributed by atoms with Gasteiger partial charge in [0.1, 0.15) is 0 Å². The summed E-state index contributed by atoms with van der Waals surface area (Å²) in [5, 5.41) is 21.6. The maximum Gasteiger partial charge on any atom is 0.310 e. The van der Waals surface area contributed by atoms with Crippen molar-refractivity contribution < 1.29 is 19.8 Å². The number of aliphatic carboxylic acids is 1. The molecular formula is C14H23NO4. The summed E-state index contributed by atoms with van der Waals surface area (Å²) >= 11 is 0. The van der Waals surface area contributed by atoms with Crippen molar-refractivity contribution in [1.82, 2.24) is 5.32 Å². The van der Waals surface area contributed by atoms with Crippen LogP contribution in [0.2, 0.25) is 0 Å². The second-order valence-electron chi connectivity index (χ2n) is 6.11. The number of carbonyl (C=O) groups is 2. The molecule has 0 heterocycles. The molecule has 0 aromatic rings. The molecular weight excluding hydrogens is 246 g/mol. The zero-order valence-electron chi connectivity index (χ0n) is 11.2. The summed E-state index contributed by atoms with van der Waals surface area (Å²) in [4.78, 5) is 23.3. The fourth-order valence-corrected chi connectivity index (χ4v) is 3.38. The van der Waals surface area contributed by atoms with Crippen LogP contribution in [0.3, 0.4) is 0 Å². The van der Waals surface area contributed by atoms with Crippen LogP contribution in [-0.2, 0) is 9.59 Å². The highest BCUT2D eigenvalue weighted by Crippen LogP contribution is 2.41. The molecule has 2 aliphatic rings. The van der Waals surface area contributed by atoms with Gasteiger partial charge in [-0.05, 0) is 38.0 Å². The highest BCUT2D eigenvalue weighted by atomic mass is 16.4. The van der Waals surface area contributed by atoms with E-state index in [-0.39, 0.29) is 18.4 Å². The van der Waals surface area contributed by atoms with Crippen molar-refractivity contribution in [2.45, 2.75) is 57.5 Å². The summed E-state index contributed by atoms with van der Waals surface area (Å²) in [5.41, 5.74) is -0.834. The number of amides is 1. The zero-order chi connectivity index (χ0) is 13.9. The number of carboxylic acids is 1. The lowest BCUT2D eigenvalue weighted by atomic mass is 9.82. The van der Waals surface area contributed by atoms with Crippen LogP contribution in [0.25, 0.3) is 0 Å². The van der Waals surface area contributed by atoms with Gasteiger partial charge in [0.15, 0.2) is 0 Å². The average molecular weight is 269 g/mol. The predicted octanol–water partition coefficient (Wildman–Crippen LogP) is 1.30. The third-order valence-corrected chi connectivity index (χ3v) is 4.61. The molecule has 0 spiro atoms. The van der Waals surface area contributed by atoms with Crippen molar-refractivity contribution in [3.63, 3.8) is 0 Å². The van der Waals surface area contributed by atoms with Gasteiger partial charge in [-0.15, -0.1) is 0 Å². The summed E-state index contributed by atoms with van der Waals surface area (Å²) in [5.74, 6) is -0.662. The molecule has 2 saturated carbocycles.